The van der Waals surface area contributed by atoms with E-state index >= 15 is 0 Å². The minimum absolute atomic E-state index is 1.20. The number of nitrogens with zero attached hydrogens (tertiary/aromatic N) is 1. The van der Waals surface area contributed by atoms with Crippen LogP contribution in [-0.2, 0) is 0 Å². The first-order valence-electron chi connectivity index (χ1n) is 5.42. The topological polar surface area (TPSA) is 15.3 Å². The summed E-state index contributed by atoms with van der Waals surface area (Å²) in [6.45, 7) is 6.38. The molecular formula is C10H21IN2. The van der Waals surface area contributed by atoms with Gasteiger partial charge in [-0.3, -0.25) is 0 Å². The summed E-state index contributed by atoms with van der Waals surface area (Å²) in [4.78, 5) is 2.58. The van der Waals surface area contributed by atoms with Crippen LogP contribution in [0.5, 0.6) is 0 Å². The first-order valence-corrected chi connectivity index (χ1v) is 6.95. The van der Waals surface area contributed by atoms with E-state index in [1.54, 1.807) is 0 Å². The third-order valence-corrected chi connectivity index (χ3v) is 3.28. The van der Waals surface area contributed by atoms with Gasteiger partial charge in [0.15, 0.2) is 0 Å². The summed E-state index contributed by atoms with van der Waals surface area (Å²) in [6.07, 6.45) is 5.47. The van der Waals surface area contributed by atoms with E-state index in [1.807, 2.05) is 0 Å². The van der Waals surface area contributed by atoms with Crippen LogP contribution in [0.3, 0.4) is 0 Å². The standard InChI is InChI=1S/C10H21IN2/c11-5-3-6-12-7-4-10-13-8-1-2-9-13/h12H,1-10H2. The van der Waals surface area contributed by atoms with Gasteiger partial charge in [-0.05, 0) is 58.4 Å². The van der Waals surface area contributed by atoms with E-state index in [0.29, 0.717) is 0 Å². The van der Waals surface area contributed by atoms with E-state index in [1.165, 1.54) is 62.8 Å². The smallest absolute Gasteiger partial charge is 0.000735 e. The Morgan fingerprint density at radius 3 is 2.46 bits per heavy atom. The number of halogens is 1. The molecule has 0 amide bonds. The second-order valence-electron chi connectivity index (χ2n) is 3.69. The molecule has 3 heteroatoms. The molecule has 1 aliphatic heterocycles. The second-order valence-corrected chi connectivity index (χ2v) is 4.77. The highest BCUT2D eigenvalue weighted by Gasteiger charge is 2.09. The van der Waals surface area contributed by atoms with Crippen LogP contribution in [-0.4, -0.2) is 42.1 Å². The SMILES string of the molecule is ICCCNCCCN1CCCC1. The lowest BCUT2D eigenvalue weighted by atomic mass is 10.3. The molecule has 0 aromatic rings. The van der Waals surface area contributed by atoms with Crippen molar-refractivity contribution < 1.29 is 0 Å². The van der Waals surface area contributed by atoms with Gasteiger partial charge in [-0.15, -0.1) is 0 Å². The fourth-order valence-corrected chi connectivity index (χ4v) is 2.13. The van der Waals surface area contributed by atoms with Crippen LogP contribution in [0.4, 0.5) is 0 Å². The monoisotopic (exact) mass is 296 g/mol. The van der Waals surface area contributed by atoms with Crippen LogP contribution in [0.1, 0.15) is 25.7 Å². The van der Waals surface area contributed by atoms with Crippen LogP contribution >= 0.6 is 22.6 Å². The van der Waals surface area contributed by atoms with Crippen molar-refractivity contribution in [2.75, 3.05) is 37.2 Å². The fraction of sp³-hybridized carbons (Fsp3) is 1.00. The van der Waals surface area contributed by atoms with Gasteiger partial charge < -0.3 is 10.2 Å². The Hall–Kier alpha value is 0.650. The Labute approximate surface area is 95.6 Å². The maximum Gasteiger partial charge on any atom is 0.000735 e. The molecule has 0 aromatic heterocycles. The van der Waals surface area contributed by atoms with Crippen molar-refractivity contribution in [3.63, 3.8) is 0 Å². The van der Waals surface area contributed by atoms with Crippen molar-refractivity contribution in [1.29, 1.82) is 0 Å². The Kier molecular flexibility index (Phi) is 7.21. The summed E-state index contributed by atoms with van der Waals surface area (Å²) in [5.41, 5.74) is 0. The van der Waals surface area contributed by atoms with Crippen LogP contribution in [0.2, 0.25) is 0 Å². The van der Waals surface area contributed by atoms with E-state index in [-0.39, 0.29) is 0 Å². The Bertz CT molecular complexity index is 113. The highest BCUT2D eigenvalue weighted by atomic mass is 127. The number of hydrogen-bond acceptors (Lipinski definition) is 2. The van der Waals surface area contributed by atoms with E-state index in [2.05, 4.69) is 32.8 Å². The highest BCUT2D eigenvalue weighted by Crippen LogP contribution is 2.06. The van der Waals surface area contributed by atoms with E-state index in [0.717, 1.165) is 0 Å². The van der Waals surface area contributed by atoms with Crippen LogP contribution in [0.15, 0.2) is 0 Å². The zero-order chi connectivity index (χ0) is 9.36. The molecule has 0 unspecified atom stereocenters. The Balaban J connectivity index is 1.78. The molecule has 1 rings (SSSR count). The molecule has 0 spiro atoms. The maximum atomic E-state index is 3.48. The summed E-state index contributed by atoms with van der Waals surface area (Å²) < 4.78 is 1.27. The summed E-state index contributed by atoms with van der Waals surface area (Å²) in [7, 11) is 0. The van der Waals surface area contributed by atoms with Crippen LogP contribution in [0, 0.1) is 0 Å². The number of alkyl halides is 1. The van der Waals surface area contributed by atoms with Crippen molar-refractivity contribution in [2.24, 2.45) is 0 Å². The third-order valence-electron chi connectivity index (χ3n) is 2.51. The molecule has 1 saturated heterocycles. The molecule has 0 atom stereocenters. The second kappa shape index (κ2) is 8.00. The van der Waals surface area contributed by atoms with E-state index in [4.69, 9.17) is 0 Å². The maximum absolute atomic E-state index is 3.48. The zero-order valence-corrected chi connectivity index (χ0v) is 10.6. The lowest BCUT2D eigenvalue weighted by molar-refractivity contribution is 0.331. The molecule has 0 aromatic carbocycles. The molecule has 78 valence electrons. The van der Waals surface area contributed by atoms with Gasteiger partial charge in [0.25, 0.3) is 0 Å². The van der Waals surface area contributed by atoms with Crippen LogP contribution in [0.25, 0.3) is 0 Å². The molecule has 0 aliphatic carbocycles. The Morgan fingerprint density at radius 1 is 1.08 bits per heavy atom. The normalized spacial score (nSPS) is 18.2. The zero-order valence-electron chi connectivity index (χ0n) is 8.40. The van der Waals surface area contributed by atoms with Crippen molar-refractivity contribution in [3.8, 4) is 0 Å². The van der Waals surface area contributed by atoms with Crippen molar-refractivity contribution in [3.05, 3.63) is 0 Å². The van der Waals surface area contributed by atoms with Gasteiger partial charge in [0.05, 0.1) is 0 Å². The molecule has 1 aliphatic rings. The van der Waals surface area contributed by atoms with Crippen molar-refractivity contribution in [2.45, 2.75) is 25.7 Å². The molecule has 0 bridgehead atoms. The van der Waals surface area contributed by atoms with E-state index < -0.39 is 0 Å². The number of hydrogen-bond donors (Lipinski definition) is 1. The first-order chi connectivity index (χ1) is 6.43. The molecule has 1 N–H and O–H groups in total. The lowest BCUT2D eigenvalue weighted by Gasteiger charge is -2.14. The predicted molar refractivity (Wildman–Crippen MR) is 66.7 cm³/mol. The minimum atomic E-state index is 1.20. The lowest BCUT2D eigenvalue weighted by Crippen LogP contribution is -2.25. The van der Waals surface area contributed by atoms with Gasteiger partial charge in [0.2, 0.25) is 0 Å². The van der Waals surface area contributed by atoms with Gasteiger partial charge >= 0.3 is 0 Å². The van der Waals surface area contributed by atoms with Crippen molar-refractivity contribution in [1.82, 2.24) is 10.2 Å². The molecule has 13 heavy (non-hydrogen) atoms. The van der Waals surface area contributed by atoms with Gasteiger partial charge in [-0.1, -0.05) is 22.6 Å². The highest BCUT2D eigenvalue weighted by molar-refractivity contribution is 14.1. The number of nitrogens with one attached hydrogen (secondary N) is 1. The molecule has 1 fully saturated rings. The van der Waals surface area contributed by atoms with Gasteiger partial charge in [0.1, 0.15) is 0 Å². The molecule has 1 heterocycles. The summed E-state index contributed by atoms with van der Waals surface area (Å²) in [6, 6.07) is 0. The number of likely N-dealkylation sites (tertiary alicyclic amines) is 1. The summed E-state index contributed by atoms with van der Waals surface area (Å²) >= 11 is 2.43. The van der Waals surface area contributed by atoms with Crippen molar-refractivity contribution >= 4 is 22.6 Å². The summed E-state index contributed by atoms with van der Waals surface area (Å²) in [5.74, 6) is 0. The first kappa shape index (κ1) is 11.7. The molecule has 0 radical (unpaired) electrons. The molecule has 2 nitrogen and oxygen atoms in total. The van der Waals surface area contributed by atoms with Gasteiger partial charge in [-0.2, -0.15) is 0 Å². The molecule has 0 saturated carbocycles. The summed E-state index contributed by atoms with van der Waals surface area (Å²) in [5, 5.41) is 3.48. The average molecular weight is 296 g/mol. The van der Waals surface area contributed by atoms with Gasteiger partial charge in [-0.25, -0.2) is 0 Å². The minimum Gasteiger partial charge on any atom is -0.317 e. The molecular weight excluding hydrogens is 275 g/mol. The predicted octanol–water partition coefficient (Wildman–Crippen LogP) is 1.89. The van der Waals surface area contributed by atoms with E-state index in [9.17, 15) is 0 Å². The van der Waals surface area contributed by atoms with Gasteiger partial charge in [0, 0.05) is 4.43 Å². The Morgan fingerprint density at radius 2 is 1.77 bits per heavy atom. The number of rotatable bonds is 7. The van der Waals surface area contributed by atoms with Crippen LogP contribution < -0.4 is 5.32 Å². The quantitative estimate of drug-likeness (QED) is 0.438. The fourth-order valence-electron chi connectivity index (χ4n) is 1.75. The third kappa shape index (κ3) is 5.86. The largest absolute Gasteiger partial charge is 0.317 e. The average Bonchev–Trinajstić information content (AvgIpc) is 2.63.